The Morgan fingerprint density at radius 2 is 1.48 bits per heavy atom. The molecule has 0 aliphatic carbocycles. The summed E-state index contributed by atoms with van der Waals surface area (Å²) in [5.74, 6) is 0.495. The number of amides is 2. The molecule has 0 aliphatic heterocycles. The van der Waals surface area contributed by atoms with Gasteiger partial charge in [0, 0.05) is 31.3 Å². The fourth-order valence-corrected chi connectivity index (χ4v) is 2.90. The molecule has 0 fully saturated rings. The van der Waals surface area contributed by atoms with Crippen LogP contribution in [0.25, 0.3) is 0 Å². The topological polar surface area (TPSA) is 58.6 Å². The average Bonchev–Trinajstić information content (AvgIpc) is 2.77. The van der Waals surface area contributed by atoms with Gasteiger partial charge in [0.15, 0.2) is 0 Å². The molecule has 2 amide bonds. The van der Waals surface area contributed by atoms with Gasteiger partial charge in [0.2, 0.25) is 5.91 Å². The minimum atomic E-state index is -0.154. The molecule has 5 heteroatoms. The van der Waals surface area contributed by atoms with E-state index in [1.54, 1.807) is 17.0 Å². The molecule has 0 radical (unpaired) electrons. The summed E-state index contributed by atoms with van der Waals surface area (Å²) in [5, 5.41) is 2.85. The summed E-state index contributed by atoms with van der Waals surface area (Å²) in [4.78, 5) is 25.8. The van der Waals surface area contributed by atoms with Crippen molar-refractivity contribution in [3.05, 3.63) is 96.1 Å². The maximum atomic E-state index is 12.1. The van der Waals surface area contributed by atoms with Crippen LogP contribution in [0, 0.1) is 0 Å². The number of hydrogen-bond donors (Lipinski definition) is 1. The highest BCUT2D eigenvalue weighted by Gasteiger charge is 2.12. The Hall–Kier alpha value is -3.60. The van der Waals surface area contributed by atoms with Gasteiger partial charge in [-0.1, -0.05) is 48.5 Å². The molecule has 0 atom stereocenters. The third-order valence-electron chi connectivity index (χ3n) is 4.43. The van der Waals surface area contributed by atoms with Gasteiger partial charge in [-0.25, -0.2) is 0 Å². The molecule has 0 aromatic heterocycles. The monoisotopic (exact) mass is 388 g/mol. The lowest BCUT2D eigenvalue weighted by atomic mass is 10.2. The van der Waals surface area contributed by atoms with Crippen molar-refractivity contribution >= 4 is 17.5 Å². The zero-order valence-electron chi connectivity index (χ0n) is 16.4. The van der Waals surface area contributed by atoms with Crippen LogP contribution in [-0.2, 0) is 11.4 Å². The second kappa shape index (κ2) is 10.1. The Balaban J connectivity index is 1.54. The predicted octanol–water partition coefficient (Wildman–Crippen LogP) is 4.05. The normalized spacial score (nSPS) is 10.2. The SMILES string of the molecule is CC(=O)N(CCNC(=O)c1ccccc1)c1ccc(OCc2ccccc2)cc1. The van der Waals surface area contributed by atoms with Crippen LogP contribution in [0.4, 0.5) is 5.69 Å². The molecule has 3 rings (SSSR count). The Morgan fingerprint density at radius 3 is 2.10 bits per heavy atom. The molecule has 0 heterocycles. The van der Waals surface area contributed by atoms with Crippen LogP contribution in [0.15, 0.2) is 84.9 Å². The van der Waals surface area contributed by atoms with Gasteiger partial charge in [-0.15, -0.1) is 0 Å². The first-order valence-electron chi connectivity index (χ1n) is 9.51. The molecule has 5 nitrogen and oxygen atoms in total. The van der Waals surface area contributed by atoms with Gasteiger partial charge in [0.25, 0.3) is 5.91 Å². The van der Waals surface area contributed by atoms with Gasteiger partial charge in [-0.2, -0.15) is 0 Å². The zero-order chi connectivity index (χ0) is 20.5. The Morgan fingerprint density at radius 1 is 0.862 bits per heavy atom. The molecule has 3 aromatic rings. The van der Waals surface area contributed by atoms with E-state index in [0.29, 0.717) is 25.3 Å². The Bertz CT molecular complexity index is 925. The Labute approximate surface area is 170 Å². The maximum absolute atomic E-state index is 12.1. The quantitative estimate of drug-likeness (QED) is 0.633. The maximum Gasteiger partial charge on any atom is 0.251 e. The molecule has 0 saturated carbocycles. The smallest absolute Gasteiger partial charge is 0.251 e. The van der Waals surface area contributed by atoms with E-state index in [2.05, 4.69) is 5.32 Å². The van der Waals surface area contributed by atoms with Gasteiger partial charge >= 0.3 is 0 Å². The molecule has 148 valence electrons. The van der Waals surface area contributed by atoms with Crippen LogP contribution >= 0.6 is 0 Å². The molecule has 0 unspecified atom stereocenters. The lowest BCUT2D eigenvalue weighted by Crippen LogP contribution is -2.37. The van der Waals surface area contributed by atoms with E-state index >= 15 is 0 Å². The summed E-state index contributed by atoms with van der Waals surface area (Å²) >= 11 is 0. The van der Waals surface area contributed by atoms with E-state index in [1.165, 1.54) is 6.92 Å². The van der Waals surface area contributed by atoms with Crippen molar-refractivity contribution in [1.82, 2.24) is 5.32 Å². The summed E-state index contributed by atoms with van der Waals surface area (Å²) in [6, 6.07) is 26.3. The highest BCUT2D eigenvalue weighted by atomic mass is 16.5. The first-order valence-corrected chi connectivity index (χ1v) is 9.51. The van der Waals surface area contributed by atoms with E-state index in [1.807, 2.05) is 72.8 Å². The number of nitrogens with one attached hydrogen (secondary N) is 1. The molecular weight excluding hydrogens is 364 g/mol. The van der Waals surface area contributed by atoms with Crippen LogP contribution < -0.4 is 15.0 Å². The van der Waals surface area contributed by atoms with Gasteiger partial charge in [-0.05, 0) is 42.0 Å². The van der Waals surface area contributed by atoms with E-state index < -0.39 is 0 Å². The number of benzene rings is 3. The molecule has 1 N–H and O–H groups in total. The van der Waals surface area contributed by atoms with E-state index in [0.717, 1.165) is 17.0 Å². The second-order valence-electron chi connectivity index (χ2n) is 6.56. The lowest BCUT2D eigenvalue weighted by Gasteiger charge is -2.21. The standard InChI is InChI=1S/C24H24N2O3/c1-19(27)26(17-16-25-24(28)21-10-6-3-7-11-21)22-12-14-23(15-13-22)29-18-20-8-4-2-5-9-20/h2-15H,16-18H2,1H3,(H,25,28). The van der Waals surface area contributed by atoms with Crippen molar-refractivity contribution in [2.24, 2.45) is 0 Å². The van der Waals surface area contributed by atoms with Crippen molar-refractivity contribution in [1.29, 1.82) is 0 Å². The van der Waals surface area contributed by atoms with Crippen molar-refractivity contribution in [2.45, 2.75) is 13.5 Å². The molecular formula is C24H24N2O3. The summed E-state index contributed by atoms with van der Waals surface area (Å²) in [6.45, 7) is 2.75. The zero-order valence-corrected chi connectivity index (χ0v) is 16.4. The number of anilines is 1. The lowest BCUT2D eigenvalue weighted by molar-refractivity contribution is -0.116. The van der Waals surface area contributed by atoms with Crippen molar-refractivity contribution in [3.63, 3.8) is 0 Å². The van der Waals surface area contributed by atoms with Crippen molar-refractivity contribution in [3.8, 4) is 5.75 Å². The molecule has 0 aliphatic rings. The van der Waals surface area contributed by atoms with Crippen molar-refractivity contribution < 1.29 is 14.3 Å². The summed E-state index contributed by atoms with van der Waals surface area (Å²) < 4.78 is 5.79. The van der Waals surface area contributed by atoms with Crippen LogP contribution in [0.3, 0.4) is 0 Å². The molecule has 0 bridgehead atoms. The van der Waals surface area contributed by atoms with Crippen LogP contribution in [-0.4, -0.2) is 24.9 Å². The minimum Gasteiger partial charge on any atom is -0.489 e. The van der Waals surface area contributed by atoms with E-state index in [4.69, 9.17) is 4.74 Å². The third kappa shape index (κ3) is 5.94. The number of rotatable bonds is 8. The predicted molar refractivity (Wildman–Crippen MR) is 114 cm³/mol. The van der Waals surface area contributed by atoms with Crippen molar-refractivity contribution in [2.75, 3.05) is 18.0 Å². The van der Waals surface area contributed by atoms with Crippen LogP contribution in [0.1, 0.15) is 22.8 Å². The minimum absolute atomic E-state index is 0.0862. The number of hydrogen-bond acceptors (Lipinski definition) is 3. The average molecular weight is 388 g/mol. The molecule has 0 spiro atoms. The largest absolute Gasteiger partial charge is 0.489 e. The third-order valence-corrected chi connectivity index (χ3v) is 4.43. The van der Waals surface area contributed by atoms with E-state index in [9.17, 15) is 9.59 Å². The van der Waals surface area contributed by atoms with Gasteiger partial charge in [0.05, 0.1) is 0 Å². The summed E-state index contributed by atoms with van der Waals surface area (Å²) in [6.07, 6.45) is 0. The Kier molecular flexibility index (Phi) is 7.00. The number of carbonyl (C=O) groups is 2. The summed E-state index contributed by atoms with van der Waals surface area (Å²) in [7, 11) is 0. The number of carbonyl (C=O) groups excluding carboxylic acids is 2. The second-order valence-corrected chi connectivity index (χ2v) is 6.56. The van der Waals surface area contributed by atoms with Gasteiger partial charge in [0.1, 0.15) is 12.4 Å². The van der Waals surface area contributed by atoms with Crippen LogP contribution in [0.2, 0.25) is 0 Å². The van der Waals surface area contributed by atoms with Gasteiger partial charge in [-0.3, -0.25) is 9.59 Å². The fraction of sp³-hybridized carbons (Fsp3) is 0.167. The molecule has 3 aromatic carbocycles. The van der Waals surface area contributed by atoms with Crippen LogP contribution in [0.5, 0.6) is 5.75 Å². The fourth-order valence-electron chi connectivity index (χ4n) is 2.90. The number of ether oxygens (including phenoxy) is 1. The molecule has 0 saturated heterocycles. The first kappa shape index (κ1) is 20.1. The molecule has 29 heavy (non-hydrogen) atoms. The first-order chi connectivity index (χ1) is 14.1. The highest BCUT2D eigenvalue weighted by molar-refractivity contribution is 5.94. The highest BCUT2D eigenvalue weighted by Crippen LogP contribution is 2.20. The summed E-state index contributed by atoms with van der Waals surface area (Å²) in [5.41, 5.74) is 2.46. The number of nitrogens with zero attached hydrogens (tertiary/aromatic N) is 1. The van der Waals surface area contributed by atoms with Gasteiger partial charge < -0.3 is 15.0 Å². The van der Waals surface area contributed by atoms with E-state index in [-0.39, 0.29) is 11.8 Å².